The molecule has 0 fully saturated rings. The number of nitrogens with one attached hydrogen (secondary N) is 1. The highest BCUT2D eigenvalue weighted by Gasteiger charge is 1.86. The molecule has 0 heterocycles. The minimum Gasteiger partial charge on any atom is -0.236 e. The van der Waals surface area contributed by atoms with Gasteiger partial charge in [0.05, 0.1) is 22.9 Å². The summed E-state index contributed by atoms with van der Waals surface area (Å²) in [5, 5.41) is 4.55. The number of halogens is 1. The van der Waals surface area contributed by atoms with Crippen molar-refractivity contribution in [1.29, 1.82) is 5.53 Å². The average Bonchev–Trinajstić information content (AvgIpc) is 1.83. The fourth-order valence-corrected chi connectivity index (χ4v) is 0.516. The van der Waals surface area contributed by atoms with Crippen LogP contribution in [-0.2, 0) is 0 Å². The molecule has 0 aliphatic carbocycles. The maximum Gasteiger partial charge on any atom is 0.120 e. The van der Waals surface area contributed by atoms with Crippen LogP contribution in [-0.4, -0.2) is 17.9 Å². The molecule has 0 aromatic rings. The highest BCUT2D eigenvalue weighted by molar-refractivity contribution is 14.1. The van der Waals surface area contributed by atoms with E-state index < -0.39 is 0 Å². The molecule has 0 bridgehead atoms. The van der Waals surface area contributed by atoms with Gasteiger partial charge in [0.1, 0.15) is 6.34 Å². The molecule has 4 nitrogen and oxygen atoms in total. The summed E-state index contributed by atoms with van der Waals surface area (Å²) in [6.45, 7) is 2.59. The normalized spacial score (nSPS) is 9.75. The highest BCUT2D eigenvalue weighted by Crippen LogP contribution is 1.85. The van der Waals surface area contributed by atoms with Crippen LogP contribution in [0.1, 0.15) is 6.92 Å². The van der Waals surface area contributed by atoms with Gasteiger partial charge in [0, 0.05) is 6.54 Å². The van der Waals surface area contributed by atoms with Gasteiger partial charge < -0.3 is 0 Å². The van der Waals surface area contributed by atoms with E-state index in [1.54, 1.807) is 0 Å². The molecular formula is C3H7IN4. The lowest BCUT2D eigenvalue weighted by Gasteiger charge is -2.03. The Kier molecular flexibility index (Phi) is 4.82. The number of hydrogen-bond acceptors (Lipinski definition) is 3. The van der Waals surface area contributed by atoms with Gasteiger partial charge in [-0.05, 0) is 6.92 Å². The van der Waals surface area contributed by atoms with Gasteiger partial charge in [-0.2, -0.15) is 5.53 Å². The fraction of sp³-hybridized carbons (Fsp3) is 0.667. The smallest absolute Gasteiger partial charge is 0.120 e. The third-order valence-electron chi connectivity index (χ3n) is 0.629. The zero-order valence-corrected chi connectivity index (χ0v) is 6.66. The number of rotatable bonds is 3. The molecule has 0 atom stereocenters. The molecular weight excluding hydrogens is 219 g/mol. The van der Waals surface area contributed by atoms with Gasteiger partial charge in [0.2, 0.25) is 0 Å². The van der Waals surface area contributed by atoms with Crippen LogP contribution in [0.3, 0.4) is 0 Å². The predicted octanol–water partition coefficient (Wildman–Crippen LogP) is 1.63. The second-order valence-electron chi connectivity index (χ2n) is 1.07. The summed E-state index contributed by atoms with van der Waals surface area (Å²) in [7, 11) is 0. The Labute approximate surface area is 61.9 Å². The lowest BCUT2D eigenvalue weighted by Crippen LogP contribution is -2.11. The van der Waals surface area contributed by atoms with Gasteiger partial charge >= 0.3 is 0 Å². The third-order valence-corrected chi connectivity index (χ3v) is 0.879. The van der Waals surface area contributed by atoms with E-state index in [2.05, 4.69) is 8.43 Å². The van der Waals surface area contributed by atoms with E-state index in [1.807, 2.05) is 29.8 Å². The van der Waals surface area contributed by atoms with Crippen LogP contribution in [0.15, 0.2) is 8.43 Å². The van der Waals surface area contributed by atoms with Crippen molar-refractivity contribution in [3.05, 3.63) is 0 Å². The Balaban J connectivity index is 3.52. The molecule has 0 aromatic carbocycles. The van der Waals surface area contributed by atoms with Crippen molar-refractivity contribution in [2.45, 2.75) is 6.92 Å². The molecule has 0 saturated carbocycles. The first-order valence-corrected chi connectivity index (χ1v) is 3.10. The Hall–Kier alpha value is -0.200. The molecule has 8 heavy (non-hydrogen) atoms. The number of hydrogen-bond donors (Lipinski definition) is 1. The van der Waals surface area contributed by atoms with E-state index in [9.17, 15) is 0 Å². The van der Waals surface area contributed by atoms with Gasteiger partial charge in [-0.1, -0.05) is 5.22 Å². The second kappa shape index (κ2) is 4.95. The predicted molar refractivity (Wildman–Crippen MR) is 40.0 cm³/mol. The molecule has 0 amide bonds. The van der Waals surface area contributed by atoms with E-state index in [4.69, 9.17) is 5.53 Å². The van der Waals surface area contributed by atoms with Crippen molar-refractivity contribution >= 4 is 29.2 Å². The summed E-state index contributed by atoms with van der Waals surface area (Å²) in [5.74, 6) is 0. The Morgan fingerprint density at radius 1 is 1.88 bits per heavy atom. The summed E-state index contributed by atoms with van der Waals surface area (Å²) in [6, 6.07) is 0. The summed E-state index contributed by atoms with van der Waals surface area (Å²) in [4.78, 5) is 0. The third kappa shape index (κ3) is 2.89. The Bertz CT molecular complexity index is 91.3. The molecule has 0 spiro atoms. The lowest BCUT2D eigenvalue weighted by atomic mass is 10.7. The molecule has 5 heteroatoms. The quantitative estimate of drug-likeness (QED) is 0.257. The van der Waals surface area contributed by atoms with Gasteiger partial charge in [-0.3, -0.25) is 0 Å². The molecule has 0 radical (unpaired) electrons. The number of nitrogens with zero attached hydrogens (tertiary/aromatic N) is 3. The summed E-state index contributed by atoms with van der Waals surface area (Å²) >= 11 is 1.83. The highest BCUT2D eigenvalue weighted by atomic mass is 127. The van der Waals surface area contributed by atoms with E-state index in [-0.39, 0.29) is 0 Å². The molecule has 46 valence electrons. The lowest BCUT2D eigenvalue weighted by molar-refractivity contribution is 0.440. The Morgan fingerprint density at radius 3 is 2.62 bits per heavy atom. The second-order valence-corrected chi connectivity index (χ2v) is 1.63. The van der Waals surface area contributed by atoms with Crippen LogP contribution in [0.5, 0.6) is 0 Å². The van der Waals surface area contributed by atoms with Gasteiger partial charge in [-0.25, -0.2) is 8.21 Å². The molecule has 0 rings (SSSR count). The van der Waals surface area contributed by atoms with Crippen molar-refractivity contribution in [3.63, 3.8) is 0 Å². The summed E-state index contributed by atoms with van der Waals surface area (Å²) in [6.07, 6.45) is 1.49. The SMILES string of the molecule is CCN(/C=N\I)N=N. The maximum absolute atomic E-state index is 6.52. The van der Waals surface area contributed by atoms with Gasteiger partial charge in [-0.15, -0.1) is 0 Å². The summed E-state index contributed by atoms with van der Waals surface area (Å²) in [5.41, 5.74) is 6.52. The first-order valence-electron chi connectivity index (χ1n) is 2.13. The molecule has 0 aliphatic rings. The van der Waals surface area contributed by atoms with Crippen molar-refractivity contribution in [2.75, 3.05) is 6.54 Å². The molecule has 0 aromatic heterocycles. The van der Waals surface area contributed by atoms with Gasteiger partial charge in [0.25, 0.3) is 0 Å². The van der Waals surface area contributed by atoms with Crippen molar-refractivity contribution in [2.24, 2.45) is 8.43 Å². The first kappa shape index (κ1) is 7.80. The molecule has 0 aliphatic heterocycles. The summed E-state index contributed by atoms with van der Waals surface area (Å²) < 4.78 is 3.63. The minimum absolute atomic E-state index is 0.690. The van der Waals surface area contributed by atoms with E-state index in [0.717, 1.165) is 0 Å². The average molecular weight is 226 g/mol. The zero-order valence-electron chi connectivity index (χ0n) is 4.50. The Morgan fingerprint density at radius 2 is 2.50 bits per heavy atom. The monoisotopic (exact) mass is 226 g/mol. The van der Waals surface area contributed by atoms with Crippen LogP contribution < -0.4 is 0 Å². The van der Waals surface area contributed by atoms with E-state index in [1.165, 1.54) is 11.3 Å². The van der Waals surface area contributed by atoms with E-state index >= 15 is 0 Å². The fourth-order valence-electron chi connectivity index (χ4n) is 0.229. The van der Waals surface area contributed by atoms with Crippen LogP contribution in [0.2, 0.25) is 0 Å². The van der Waals surface area contributed by atoms with Crippen LogP contribution in [0.4, 0.5) is 0 Å². The first-order chi connectivity index (χ1) is 3.85. The van der Waals surface area contributed by atoms with Crippen LogP contribution in [0.25, 0.3) is 0 Å². The van der Waals surface area contributed by atoms with Crippen molar-refractivity contribution in [3.8, 4) is 0 Å². The van der Waals surface area contributed by atoms with Gasteiger partial charge in [0.15, 0.2) is 0 Å². The van der Waals surface area contributed by atoms with Crippen molar-refractivity contribution in [1.82, 2.24) is 5.01 Å². The van der Waals surface area contributed by atoms with Crippen LogP contribution >= 0.6 is 22.9 Å². The van der Waals surface area contributed by atoms with E-state index in [0.29, 0.717) is 6.54 Å². The largest absolute Gasteiger partial charge is 0.236 e. The molecule has 0 unspecified atom stereocenters. The maximum atomic E-state index is 6.52. The zero-order chi connectivity index (χ0) is 6.41. The standard InChI is InChI=1S/C3H7IN4/c1-2-8(7-5)3-6-4/h3,5H,2H2,1H3/b6-3-,7-5?. The van der Waals surface area contributed by atoms with Crippen LogP contribution in [0, 0.1) is 5.53 Å². The van der Waals surface area contributed by atoms with Crippen molar-refractivity contribution < 1.29 is 0 Å². The minimum atomic E-state index is 0.690. The molecule has 1 N–H and O–H groups in total. The topological polar surface area (TPSA) is 51.8 Å². The molecule has 0 saturated heterocycles.